The van der Waals surface area contributed by atoms with E-state index >= 15 is 0 Å². The van der Waals surface area contributed by atoms with E-state index in [-0.39, 0.29) is 0 Å². The van der Waals surface area contributed by atoms with Crippen molar-refractivity contribution in [1.82, 2.24) is 0 Å². The quantitative estimate of drug-likeness (QED) is 0.723. The van der Waals surface area contributed by atoms with Crippen LogP contribution in [0.5, 0.6) is 5.75 Å². The largest absolute Gasteiger partial charge is 0.508 e. The topological polar surface area (TPSA) is 20.2 Å². The monoisotopic (exact) mass is 186 g/mol. The van der Waals surface area contributed by atoms with Crippen LogP contribution in [0.3, 0.4) is 0 Å². The zero-order chi connectivity index (χ0) is 10.1. The van der Waals surface area contributed by atoms with Gasteiger partial charge in [-0.05, 0) is 41.3 Å². The first-order chi connectivity index (χ1) is 6.72. The molecule has 0 radical (unpaired) electrons. The second-order valence-electron chi connectivity index (χ2n) is 3.62. The number of aryl methyl sites for hydroxylation is 2. The zero-order valence-corrected chi connectivity index (χ0v) is 8.54. The average Bonchev–Trinajstić information content (AvgIpc) is 2.23. The molecule has 2 aromatic carbocycles. The molecule has 0 amide bonds. The van der Waals surface area contributed by atoms with Gasteiger partial charge in [-0.25, -0.2) is 0 Å². The van der Waals surface area contributed by atoms with Gasteiger partial charge in [-0.3, -0.25) is 0 Å². The summed E-state index contributed by atoms with van der Waals surface area (Å²) in [5.41, 5.74) is 2.30. The number of hydrogen-bond acceptors (Lipinski definition) is 1. The summed E-state index contributed by atoms with van der Waals surface area (Å²) in [6.45, 7) is 4.09. The zero-order valence-electron chi connectivity index (χ0n) is 8.54. The molecule has 0 heterocycles. The van der Waals surface area contributed by atoms with Gasteiger partial charge in [0.1, 0.15) is 5.75 Å². The number of phenols is 1. The molecule has 0 atom stereocenters. The molecule has 2 rings (SSSR count). The van der Waals surface area contributed by atoms with Crippen LogP contribution in [0.25, 0.3) is 10.8 Å². The van der Waals surface area contributed by atoms with E-state index in [0.717, 1.165) is 17.4 Å². The number of benzene rings is 2. The fraction of sp³-hybridized carbons (Fsp3) is 0.231. The van der Waals surface area contributed by atoms with Gasteiger partial charge in [0.25, 0.3) is 0 Å². The SMILES string of the molecule is CCc1ccc2c(C)c(O)ccc2c1. The van der Waals surface area contributed by atoms with Gasteiger partial charge in [-0.1, -0.05) is 31.2 Å². The van der Waals surface area contributed by atoms with Gasteiger partial charge in [0, 0.05) is 0 Å². The van der Waals surface area contributed by atoms with Crippen LogP contribution < -0.4 is 0 Å². The molecule has 2 aromatic rings. The van der Waals surface area contributed by atoms with Crippen LogP contribution in [0.4, 0.5) is 0 Å². The minimum absolute atomic E-state index is 0.377. The van der Waals surface area contributed by atoms with Crippen molar-refractivity contribution in [3.63, 3.8) is 0 Å². The molecule has 1 nitrogen and oxygen atoms in total. The highest BCUT2D eigenvalue weighted by Crippen LogP contribution is 2.26. The van der Waals surface area contributed by atoms with E-state index < -0.39 is 0 Å². The average molecular weight is 186 g/mol. The summed E-state index contributed by atoms with van der Waals surface area (Å²) in [5.74, 6) is 0.377. The highest BCUT2D eigenvalue weighted by atomic mass is 16.3. The predicted octanol–water partition coefficient (Wildman–Crippen LogP) is 3.42. The Morgan fingerprint density at radius 2 is 1.93 bits per heavy atom. The Hall–Kier alpha value is -1.50. The Morgan fingerprint density at radius 1 is 1.14 bits per heavy atom. The van der Waals surface area contributed by atoms with Crippen LogP contribution in [0, 0.1) is 6.92 Å². The van der Waals surface area contributed by atoms with Gasteiger partial charge >= 0.3 is 0 Å². The molecule has 0 aliphatic rings. The predicted molar refractivity (Wildman–Crippen MR) is 59.7 cm³/mol. The normalized spacial score (nSPS) is 10.7. The summed E-state index contributed by atoms with van der Waals surface area (Å²) in [7, 11) is 0. The van der Waals surface area contributed by atoms with Crippen molar-refractivity contribution in [2.45, 2.75) is 20.3 Å². The van der Waals surface area contributed by atoms with Gasteiger partial charge in [0.15, 0.2) is 0 Å². The van der Waals surface area contributed by atoms with E-state index in [4.69, 9.17) is 0 Å². The smallest absolute Gasteiger partial charge is 0.119 e. The van der Waals surface area contributed by atoms with Crippen molar-refractivity contribution >= 4 is 10.8 Å². The lowest BCUT2D eigenvalue weighted by Gasteiger charge is -2.05. The third-order valence-electron chi connectivity index (χ3n) is 2.73. The minimum Gasteiger partial charge on any atom is -0.508 e. The van der Waals surface area contributed by atoms with Crippen LogP contribution in [0.1, 0.15) is 18.1 Å². The third kappa shape index (κ3) is 1.35. The number of hydrogen-bond donors (Lipinski definition) is 1. The first-order valence-electron chi connectivity index (χ1n) is 4.93. The Bertz CT molecular complexity index is 472. The van der Waals surface area contributed by atoms with Gasteiger partial charge in [0.2, 0.25) is 0 Å². The van der Waals surface area contributed by atoms with Crippen molar-refractivity contribution in [2.75, 3.05) is 0 Å². The lowest BCUT2D eigenvalue weighted by atomic mass is 10.0. The number of rotatable bonds is 1. The first kappa shape index (κ1) is 9.07. The summed E-state index contributed by atoms with van der Waals surface area (Å²) in [4.78, 5) is 0. The van der Waals surface area contributed by atoms with Crippen molar-refractivity contribution < 1.29 is 5.11 Å². The molecule has 0 spiro atoms. The number of fused-ring (bicyclic) bond motifs is 1. The standard InChI is InChI=1S/C13H14O/c1-3-10-4-6-12-9(2)13(14)7-5-11(12)8-10/h4-8,14H,3H2,1-2H3. The van der Waals surface area contributed by atoms with E-state index in [0.29, 0.717) is 5.75 Å². The summed E-state index contributed by atoms with van der Waals surface area (Å²) in [6.07, 6.45) is 1.05. The van der Waals surface area contributed by atoms with Crippen molar-refractivity contribution in [3.8, 4) is 5.75 Å². The van der Waals surface area contributed by atoms with E-state index in [1.807, 2.05) is 13.0 Å². The van der Waals surface area contributed by atoms with E-state index in [9.17, 15) is 5.11 Å². The van der Waals surface area contributed by atoms with E-state index in [1.165, 1.54) is 10.9 Å². The maximum atomic E-state index is 9.54. The van der Waals surface area contributed by atoms with Gasteiger partial charge in [-0.2, -0.15) is 0 Å². The number of aromatic hydroxyl groups is 1. The maximum absolute atomic E-state index is 9.54. The molecular weight excluding hydrogens is 172 g/mol. The highest BCUT2D eigenvalue weighted by molar-refractivity contribution is 5.88. The molecule has 0 saturated heterocycles. The van der Waals surface area contributed by atoms with E-state index in [2.05, 4.69) is 25.1 Å². The lowest BCUT2D eigenvalue weighted by Crippen LogP contribution is -1.83. The molecule has 0 unspecified atom stereocenters. The van der Waals surface area contributed by atoms with E-state index in [1.54, 1.807) is 6.07 Å². The second-order valence-corrected chi connectivity index (χ2v) is 3.62. The Kier molecular flexibility index (Phi) is 2.16. The Labute approximate surface area is 84.0 Å². The summed E-state index contributed by atoms with van der Waals surface area (Å²) >= 11 is 0. The third-order valence-corrected chi connectivity index (χ3v) is 2.73. The molecule has 0 aliphatic carbocycles. The van der Waals surface area contributed by atoms with Gasteiger partial charge in [-0.15, -0.1) is 0 Å². The summed E-state index contributed by atoms with van der Waals surface area (Å²) < 4.78 is 0. The molecule has 0 saturated carbocycles. The van der Waals surface area contributed by atoms with Crippen LogP contribution in [0.2, 0.25) is 0 Å². The van der Waals surface area contributed by atoms with Gasteiger partial charge < -0.3 is 5.11 Å². The lowest BCUT2D eigenvalue weighted by molar-refractivity contribution is 0.472. The van der Waals surface area contributed by atoms with Crippen LogP contribution in [-0.4, -0.2) is 5.11 Å². The fourth-order valence-electron chi connectivity index (χ4n) is 1.74. The molecule has 0 fully saturated rings. The van der Waals surface area contributed by atoms with Crippen LogP contribution in [-0.2, 0) is 6.42 Å². The summed E-state index contributed by atoms with van der Waals surface area (Å²) in [6, 6.07) is 10.1. The van der Waals surface area contributed by atoms with Crippen molar-refractivity contribution in [1.29, 1.82) is 0 Å². The highest BCUT2D eigenvalue weighted by Gasteiger charge is 2.02. The molecular formula is C13H14O. The second kappa shape index (κ2) is 3.33. The molecule has 0 aromatic heterocycles. The Morgan fingerprint density at radius 3 is 2.64 bits per heavy atom. The molecule has 72 valence electrons. The van der Waals surface area contributed by atoms with Crippen molar-refractivity contribution in [2.24, 2.45) is 0 Å². The first-order valence-corrected chi connectivity index (χ1v) is 4.93. The fourth-order valence-corrected chi connectivity index (χ4v) is 1.74. The molecule has 0 bridgehead atoms. The number of phenolic OH excluding ortho intramolecular Hbond substituents is 1. The minimum atomic E-state index is 0.377. The maximum Gasteiger partial charge on any atom is 0.119 e. The molecule has 0 aliphatic heterocycles. The summed E-state index contributed by atoms with van der Waals surface area (Å²) in [5, 5.41) is 11.9. The molecule has 1 heteroatoms. The van der Waals surface area contributed by atoms with Crippen LogP contribution in [0.15, 0.2) is 30.3 Å². The van der Waals surface area contributed by atoms with Gasteiger partial charge in [0.05, 0.1) is 0 Å². The Balaban J connectivity index is 2.74. The van der Waals surface area contributed by atoms with Crippen molar-refractivity contribution in [3.05, 3.63) is 41.5 Å². The molecule has 14 heavy (non-hydrogen) atoms. The van der Waals surface area contributed by atoms with Crippen LogP contribution >= 0.6 is 0 Å². The molecule has 1 N–H and O–H groups in total.